The highest BCUT2D eigenvalue weighted by Gasteiger charge is 2.28. The zero-order valence-electron chi connectivity index (χ0n) is 20.1. The SMILES string of the molecule is CCOC(=O)c1c(NC(=O)c2c(F)cc(F)cc2F)c(-c2ccc(OC)cc2)cn1Cc1ccccc1. The standard InChI is InChI=1S/C28H23F3N2O4/c1-3-37-28(35)26-25(32-27(34)24-22(30)13-19(29)14-23(24)31)21(18-9-11-20(36-2)12-10-18)16-33(26)15-17-7-5-4-6-8-17/h4-14,16H,3,15H2,1-2H3,(H,32,34). The first-order chi connectivity index (χ1) is 17.8. The molecule has 0 saturated carbocycles. The number of rotatable bonds is 8. The second-order valence-corrected chi connectivity index (χ2v) is 8.03. The van der Waals surface area contributed by atoms with Crippen molar-refractivity contribution in [1.29, 1.82) is 0 Å². The maximum atomic E-state index is 14.4. The lowest BCUT2D eigenvalue weighted by Gasteiger charge is -2.13. The maximum Gasteiger partial charge on any atom is 0.357 e. The van der Waals surface area contributed by atoms with Crippen LogP contribution in [0.5, 0.6) is 5.75 Å². The van der Waals surface area contributed by atoms with Crippen LogP contribution in [0.2, 0.25) is 0 Å². The molecule has 0 atom stereocenters. The molecule has 1 aromatic heterocycles. The van der Waals surface area contributed by atoms with Crippen LogP contribution in [-0.4, -0.2) is 30.2 Å². The fraction of sp³-hybridized carbons (Fsp3) is 0.143. The minimum absolute atomic E-state index is 0.00678. The molecule has 37 heavy (non-hydrogen) atoms. The summed E-state index contributed by atoms with van der Waals surface area (Å²) >= 11 is 0. The van der Waals surface area contributed by atoms with Gasteiger partial charge < -0.3 is 19.4 Å². The molecule has 9 heteroatoms. The normalized spacial score (nSPS) is 10.7. The molecule has 4 aromatic rings. The third-order valence-electron chi connectivity index (χ3n) is 5.62. The number of anilines is 1. The number of hydrogen-bond acceptors (Lipinski definition) is 4. The van der Waals surface area contributed by atoms with Gasteiger partial charge in [0, 0.05) is 30.4 Å². The van der Waals surface area contributed by atoms with Crippen LogP contribution in [0.1, 0.15) is 33.3 Å². The van der Waals surface area contributed by atoms with Gasteiger partial charge in [0.2, 0.25) is 0 Å². The molecule has 6 nitrogen and oxygen atoms in total. The van der Waals surface area contributed by atoms with Crippen molar-refractivity contribution < 1.29 is 32.2 Å². The van der Waals surface area contributed by atoms with Crippen LogP contribution in [0.4, 0.5) is 18.9 Å². The van der Waals surface area contributed by atoms with Crippen LogP contribution in [0.25, 0.3) is 11.1 Å². The predicted octanol–water partition coefficient (Wildman–Crippen LogP) is 6.06. The molecular formula is C28H23F3N2O4. The number of nitrogens with one attached hydrogen (secondary N) is 1. The van der Waals surface area contributed by atoms with Crippen molar-refractivity contribution in [2.24, 2.45) is 0 Å². The van der Waals surface area contributed by atoms with Crippen LogP contribution in [-0.2, 0) is 11.3 Å². The summed E-state index contributed by atoms with van der Waals surface area (Å²) in [5.41, 5.74) is 0.845. The van der Waals surface area contributed by atoms with Crippen molar-refractivity contribution in [1.82, 2.24) is 4.57 Å². The molecule has 0 unspecified atom stereocenters. The number of carbonyl (C=O) groups excluding carboxylic acids is 2. The smallest absolute Gasteiger partial charge is 0.357 e. The molecule has 1 amide bonds. The van der Waals surface area contributed by atoms with Gasteiger partial charge in [-0.1, -0.05) is 42.5 Å². The Morgan fingerprint density at radius 2 is 1.59 bits per heavy atom. The van der Waals surface area contributed by atoms with E-state index in [2.05, 4.69) is 5.32 Å². The van der Waals surface area contributed by atoms with Gasteiger partial charge >= 0.3 is 5.97 Å². The van der Waals surface area contributed by atoms with Gasteiger partial charge in [-0.25, -0.2) is 18.0 Å². The van der Waals surface area contributed by atoms with Crippen molar-refractivity contribution in [2.75, 3.05) is 19.0 Å². The largest absolute Gasteiger partial charge is 0.497 e. The van der Waals surface area contributed by atoms with Gasteiger partial charge in [0.05, 0.1) is 19.4 Å². The summed E-state index contributed by atoms with van der Waals surface area (Å²) < 4.78 is 54.3. The lowest BCUT2D eigenvalue weighted by atomic mass is 10.1. The first-order valence-corrected chi connectivity index (χ1v) is 11.4. The van der Waals surface area contributed by atoms with E-state index in [9.17, 15) is 22.8 Å². The lowest BCUT2D eigenvalue weighted by molar-refractivity contribution is 0.0515. The van der Waals surface area contributed by atoms with Crippen LogP contribution in [0.3, 0.4) is 0 Å². The lowest BCUT2D eigenvalue weighted by Crippen LogP contribution is -2.20. The van der Waals surface area contributed by atoms with Crippen molar-refractivity contribution >= 4 is 17.6 Å². The Hall–Kier alpha value is -4.53. The molecular weight excluding hydrogens is 485 g/mol. The molecule has 1 heterocycles. The number of ether oxygens (including phenoxy) is 2. The molecule has 0 aliphatic rings. The van der Waals surface area contributed by atoms with Gasteiger partial charge in [0.15, 0.2) is 5.69 Å². The van der Waals surface area contributed by atoms with Gasteiger partial charge in [-0.15, -0.1) is 0 Å². The molecule has 0 bridgehead atoms. The summed E-state index contributed by atoms with van der Waals surface area (Å²) in [4.78, 5) is 26.2. The number of hydrogen-bond donors (Lipinski definition) is 1. The number of nitrogens with zero attached hydrogens (tertiary/aromatic N) is 1. The monoisotopic (exact) mass is 508 g/mol. The number of halogens is 3. The zero-order chi connectivity index (χ0) is 26.5. The van der Waals surface area contributed by atoms with E-state index in [-0.39, 0.29) is 24.5 Å². The number of amides is 1. The maximum absolute atomic E-state index is 14.4. The number of methoxy groups -OCH3 is 1. The first-order valence-electron chi connectivity index (χ1n) is 11.4. The molecule has 0 spiro atoms. The van der Waals surface area contributed by atoms with Gasteiger partial charge in [0.1, 0.15) is 28.8 Å². The van der Waals surface area contributed by atoms with E-state index in [0.29, 0.717) is 29.0 Å². The number of esters is 1. The Kier molecular flexibility index (Phi) is 7.62. The van der Waals surface area contributed by atoms with Crippen molar-refractivity contribution in [3.63, 3.8) is 0 Å². The number of benzene rings is 3. The fourth-order valence-corrected chi connectivity index (χ4v) is 3.93. The quantitative estimate of drug-likeness (QED) is 0.294. The zero-order valence-corrected chi connectivity index (χ0v) is 20.1. The summed E-state index contributed by atoms with van der Waals surface area (Å²) in [6.07, 6.45) is 1.65. The third-order valence-corrected chi connectivity index (χ3v) is 5.62. The molecule has 1 N–H and O–H groups in total. The van der Waals surface area contributed by atoms with Crippen molar-refractivity contribution in [2.45, 2.75) is 13.5 Å². The van der Waals surface area contributed by atoms with Gasteiger partial charge in [-0.3, -0.25) is 4.79 Å². The molecule has 0 radical (unpaired) electrons. The molecule has 0 aliphatic heterocycles. The summed E-state index contributed by atoms with van der Waals surface area (Å²) in [6, 6.07) is 16.9. The summed E-state index contributed by atoms with van der Waals surface area (Å²) in [5, 5.41) is 2.47. The van der Waals surface area contributed by atoms with Crippen LogP contribution in [0.15, 0.2) is 72.9 Å². The third kappa shape index (κ3) is 5.50. The number of aromatic nitrogens is 1. The summed E-state index contributed by atoms with van der Waals surface area (Å²) in [6.45, 7) is 1.93. The van der Waals surface area contributed by atoms with E-state index in [1.54, 1.807) is 42.0 Å². The van der Waals surface area contributed by atoms with E-state index < -0.39 is 34.9 Å². The highest BCUT2D eigenvalue weighted by Crippen LogP contribution is 2.36. The Morgan fingerprint density at radius 1 is 0.946 bits per heavy atom. The molecule has 0 fully saturated rings. The number of carbonyl (C=O) groups is 2. The minimum Gasteiger partial charge on any atom is -0.497 e. The fourth-order valence-electron chi connectivity index (χ4n) is 3.93. The molecule has 0 saturated heterocycles. The molecule has 0 aliphatic carbocycles. The second-order valence-electron chi connectivity index (χ2n) is 8.03. The van der Waals surface area contributed by atoms with Gasteiger partial charge in [-0.2, -0.15) is 0 Å². The Morgan fingerprint density at radius 3 is 2.19 bits per heavy atom. The van der Waals surface area contributed by atoms with Crippen LogP contribution >= 0.6 is 0 Å². The Balaban J connectivity index is 1.89. The Bertz CT molecular complexity index is 1410. The van der Waals surface area contributed by atoms with Crippen LogP contribution in [0, 0.1) is 17.5 Å². The van der Waals surface area contributed by atoms with Crippen molar-refractivity contribution in [3.8, 4) is 16.9 Å². The summed E-state index contributed by atoms with van der Waals surface area (Å²) in [5.74, 6) is -5.25. The average Bonchev–Trinajstić information content (AvgIpc) is 3.21. The van der Waals surface area contributed by atoms with E-state index in [1.807, 2.05) is 30.3 Å². The highest BCUT2D eigenvalue weighted by molar-refractivity contribution is 6.11. The van der Waals surface area contributed by atoms with Gasteiger partial charge in [-0.05, 0) is 30.2 Å². The summed E-state index contributed by atoms with van der Waals surface area (Å²) in [7, 11) is 1.52. The molecule has 3 aromatic carbocycles. The topological polar surface area (TPSA) is 69.6 Å². The molecule has 4 rings (SSSR count). The van der Waals surface area contributed by atoms with Crippen LogP contribution < -0.4 is 10.1 Å². The molecule has 190 valence electrons. The van der Waals surface area contributed by atoms with E-state index in [4.69, 9.17) is 9.47 Å². The first kappa shape index (κ1) is 25.6. The highest BCUT2D eigenvalue weighted by atomic mass is 19.1. The Labute approximate surface area is 211 Å². The van der Waals surface area contributed by atoms with E-state index in [0.717, 1.165) is 5.56 Å². The van der Waals surface area contributed by atoms with E-state index >= 15 is 0 Å². The predicted molar refractivity (Wildman–Crippen MR) is 132 cm³/mol. The second kappa shape index (κ2) is 11.0. The van der Waals surface area contributed by atoms with E-state index in [1.165, 1.54) is 7.11 Å². The average molecular weight is 508 g/mol. The minimum atomic E-state index is -1.37. The van der Waals surface area contributed by atoms with Gasteiger partial charge in [0.25, 0.3) is 5.91 Å². The van der Waals surface area contributed by atoms with Crippen molar-refractivity contribution in [3.05, 3.63) is 107 Å².